The Morgan fingerprint density at radius 2 is 2.21 bits per heavy atom. The third-order valence-corrected chi connectivity index (χ3v) is 5.19. The van der Waals surface area contributed by atoms with Crippen molar-refractivity contribution in [1.29, 1.82) is 0 Å². The van der Waals surface area contributed by atoms with Gasteiger partial charge in [-0.1, -0.05) is 48.3 Å². The van der Waals surface area contributed by atoms with Gasteiger partial charge in [-0.2, -0.15) is 0 Å². The fourth-order valence-electron chi connectivity index (χ4n) is 3.48. The second kappa shape index (κ2) is 5.94. The zero-order valence-electron chi connectivity index (χ0n) is 11.8. The average molecular weight is 326 g/mol. The van der Waals surface area contributed by atoms with Crippen LogP contribution < -0.4 is 5.73 Å². The number of benzene rings is 1. The first-order valence-corrected chi connectivity index (χ1v) is 7.88. The van der Waals surface area contributed by atoms with Gasteiger partial charge in [0, 0.05) is 16.9 Å². The predicted molar refractivity (Wildman–Crippen MR) is 83.1 cm³/mol. The first-order valence-electron chi connectivity index (χ1n) is 7.09. The normalized spacial score (nSPS) is 25.2. The van der Waals surface area contributed by atoms with E-state index in [0.29, 0.717) is 12.5 Å². The summed E-state index contributed by atoms with van der Waals surface area (Å²) in [6.07, 6.45) is 3.17. The molecular weight excluding hydrogens is 302 g/mol. The van der Waals surface area contributed by atoms with Crippen LogP contribution in [0.1, 0.15) is 44.6 Å². The zero-order chi connectivity index (χ0) is 14.0. The fourth-order valence-corrected chi connectivity index (χ4v) is 3.89. The molecule has 0 amide bonds. The van der Waals surface area contributed by atoms with Gasteiger partial charge in [0.05, 0.1) is 6.10 Å². The van der Waals surface area contributed by atoms with Gasteiger partial charge >= 0.3 is 0 Å². The highest BCUT2D eigenvalue weighted by molar-refractivity contribution is 9.10. The van der Waals surface area contributed by atoms with Crippen molar-refractivity contribution >= 4 is 15.9 Å². The van der Waals surface area contributed by atoms with Crippen LogP contribution in [0.5, 0.6) is 0 Å². The van der Waals surface area contributed by atoms with E-state index in [1.54, 1.807) is 0 Å². The molecular formula is C16H24BrNO. The Morgan fingerprint density at radius 1 is 1.47 bits per heavy atom. The van der Waals surface area contributed by atoms with Gasteiger partial charge in [0.25, 0.3) is 0 Å². The second-order valence-electron chi connectivity index (χ2n) is 6.38. The van der Waals surface area contributed by atoms with Crippen molar-refractivity contribution in [2.75, 3.05) is 6.54 Å². The highest BCUT2D eigenvalue weighted by Gasteiger charge is 2.41. The van der Waals surface area contributed by atoms with Crippen LogP contribution in [-0.4, -0.2) is 17.8 Å². The Hall–Kier alpha value is -0.380. The molecule has 0 aliphatic heterocycles. The molecule has 3 N–H and O–H groups in total. The minimum atomic E-state index is -0.350. The summed E-state index contributed by atoms with van der Waals surface area (Å²) in [7, 11) is 0. The Bertz CT molecular complexity index is 433. The number of rotatable bonds is 4. The molecule has 106 valence electrons. The smallest absolute Gasteiger partial charge is 0.0654 e. The molecule has 3 unspecified atom stereocenters. The van der Waals surface area contributed by atoms with Crippen molar-refractivity contribution in [3.63, 3.8) is 0 Å². The third kappa shape index (κ3) is 3.21. The number of nitrogens with two attached hydrogens (primary N) is 1. The number of halogens is 1. The van der Waals surface area contributed by atoms with E-state index in [2.05, 4.69) is 41.9 Å². The number of aliphatic hydroxyl groups excluding tert-OH is 1. The summed E-state index contributed by atoms with van der Waals surface area (Å²) in [5.74, 6) is 0.375. The van der Waals surface area contributed by atoms with Gasteiger partial charge in [-0.3, -0.25) is 0 Å². The van der Waals surface area contributed by atoms with E-state index in [1.165, 1.54) is 12.8 Å². The van der Waals surface area contributed by atoms with E-state index in [1.807, 2.05) is 12.1 Å². The van der Waals surface area contributed by atoms with Gasteiger partial charge < -0.3 is 10.8 Å². The van der Waals surface area contributed by atoms with E-state index in [4.69, 9.17) is 5.73 Å². The molecule has 19 heavy (non-hydrogen) atoms. The number of hydrogen-bond donors (Lipinski definition) is 2. The fraction of sp³-hybridized carbons (Fsp3) is 0.625. The van der Waals surface area contributed by atoms with Crippen LogP contribution in [0.25, 0.3) is 0 Å². The van der Waals surface area contributed by atoms with Crippen LogP contribution in [0.4, 0.5) is 0 Å². The topological polar surface area (TPSA) is 46.2 Å². The summed E-state index contributed by atoms with van der Waals surface area (Å²) >= 11 is 3.49. The van der Waals surface area contributed by atoms with E-state index in [9.17, 15) is 5.11 Å². The second-order valence-corrected chi connectivity index (χ2v) is 7.29. The molecule has 0 spiro atoms. The molecule has 3 heteroatoms. The molecule has 0 radical (unpaired) electrons. The zero-order valence-corrected chi connectivity index (χ0v) is 13.4. The molecule has 1 saturated carbocycles. The third-order valence-electron chi connectivity index (χ3n) is 4.70. The van der Waals surface area contributed by atoms with Crippen LogP contribution in [0.2, 0.25) is 0 Å². The standard InChI is InChI=1S/C16H24BrNO/c1-16(2)8-4-7-14(16)15(19)13(10-18)11-5-3-6-12(17)9-11/h3,5-6,9,13-15,19H,4,7-8,10,18H2,1-2H3. The number of hydrogen-bond acceptors (Lipinski definition) is 2. The summed E-state index contributed by atoms with van der Waals surface area (Å²) in [5.41, 5.74) is 7.29. The van der Waals surface area contributed by atoms with Crippen LogP contribution in [0.3, 0.4) is 0 Å². The van der Waals surface area contributed by atoms with Crippen LogP contribution in [-0.2, 0) is 0 Å². The Morgan fingerprint density at radius 3 is 2.74 bits per heavy atom. The first-order chi connectivity index (χ1) is 8.95. The molecule has 1 aliphatic carbocycles. The highest BCUT2D eigenvalue weighted by Crippen LogP contribution is 2.47. The summed E-state index contributed by atoms with van der Waals surface area (Å²) in [6, 6.07) is 8.15. The quantitative estimate of drug-likeness (QED) is 0.887. The SMILES string of the molecule is CC1(C)CCCC1C(O)C(CN)c1cccc(Br)c1. The molecule has 2 nitrogen and oxygen atoms in total. The van der Waals surface area contributed by atoms with Gasteiger partial charge in [0.2, 0.25) is 0 Å². The van der Waals surface area contributed by atoms with Gasteiger partial charge in [0.15, 0.2) is 0 Å². The Labute approximate surface area is 124 Å². The van der Waals surface area contributed by atoms with E-state index in [-0.39, 0.29) is 17.4 Å². The van der Waals surface area contributed by atoms with E-state index >= 15 is 0 Å². The predicted octanol–water partition coefficient (Wildman–Crippen LogP) is 3.68. The summed E-state index contributed by atoms with van der Waals surface area (Å²) < 4.78 is 1.04. The van der Waals surface area contributed by atoms with Crippen molar-refractivity contribution in [3.8, 4) is 0 Å². The minimum absolute atomic E-state index is 0.0277. The van der Waals surface area contributed by atoms with Crippen molar-refractivity contribution in [1.82, 2.24) is 0 Å². The lowest BCUT2D eigenvalue weighted by atomic mass is 9.73. The van der Waals surface area contributed by atoms with Crippen molar-refractivity contribution in [2.24, 2.45) is 17.1 Å². The largest absolute Gasteiger partial charge is 0.392 e. The minimum Gasteiger partial charge on any atom is -0.392 e. The van der Waals surface area contributed by atoms with Crippen LogP contribution >= 0.6 is 15.9 Å². The van der Waals surface area contributed by atoms with Crippen molar-refractivity contribution < 1.29 is 5.11 Å². The lowest BCUT2D eigenvalue weighted by molar-refractivity contribution is 0.0346. The monoisotopic (exact) mass is 325 g/mol. The molecule has 0 bridgehead atoms. The maximum atomic E-state index is 10.8. The molecule has 1 aromatic carbocycles. The Kier molecular flexibility index (Phi) is 4.70. The molecule has 1 fully saturated rings. The molecule has 1 aliphatic rings. The van der Waals surface area contributed by atoms with Gasteiger partial charge in [-0.05, 0) is 41.9 Å². The maximum Gasteiger partial charge on any atom is 0.0654 e. The molecule has 0 heterocycles. The van der Waals surface area contributed by atoms with E-state index in [0.717, 1.165) is 16.5 Å². The maximum absolute atomic E-state index is 10.8. The first kappa shape index (κ1) is 15.0. The Balaban J connectivity index is 2.22. The lowest BCUT2D eigenvalue weighted by Gasteiger charge is -2.35. The van der Waals surface area contributed by atoms with Gasteiger partial charge in [-0.25, -0.2) is 0 Å². The molecule has 3 atom stereocenters. The molecule has 0 saturated heterocycles. The highest BCUT2D eigenvalue weighted by atomic mass is 79.9. The lowest BCUT2D eigenvalue weighted by Crippen LogP contribution is -2.37. The summed E-state index contributed by atoms with van der Waals surface area (Å²) in [6.45, 7) is 5.02. The molecule has 2 rings (SSSR count). The van der Waals surface area contributed by atoms with Crippen molar-refractivity contribution in [3.05, 3.63) is 34.3 Å². The summed E-state index contributed by atoms with van der Waals surface area (Å²) in [5, 5.41) is 10.8. The van der Waals surface area contributed by atoms with Gasteiger partial charge in [-0.15, -0.1) is 0 Å². The van der Waals surface area contributed by atoms with Crippen molar-refractivity contribution in [2.45, 2.75) is 45.1 Å². The van der Waals surface area contributed by atoms with Gasteiger partial charge in [0.1, 0.15) is 0 Å². The van der Waals surface area contributed by atoms with Crippen LogP contribution in [0, 0.1) is 11.3 Å². The number of aliphatic hydroxyl groups is 1. The average Bonchev–Trinajstić information content (AvgIpc) is 2.70. The molecule has 1 aromatic rings. The van der Waals surface area contributed by atoms with E-state index < -0.39 is 0 Å². The summed E-state index contributed by atoms with van der Waals surface area (Å²) in [4.78, 5) is 0. The van der Waals surface area contributed by atoms with Crippen LogP contribution in [0.15, 0.2) is 28.7 Å². The molecule has 0 aromatic heterocycles.